The number of carbonyl (C=O) groups is 3. The normalized spacial score (nSPS) is 9.75. The first-order valence-electron chi connectivity index (χ1n) is 8.68. The number of esters is 2. The number of carbonyl (C=O) groups excluding carboxylic acids is 3. The van der Waals surface area contributed by atoms with E-state index in [9.17, 15) is 14.4 Å². The third kappa shape index (κ3) is 5.15. The molecule has 6 nitrogen and oxygen atoms in total. The Kier molecular flexibility index (Phi) is 7.23. The first kappa shape index (κ1) is 20.6. The van der Waals surface area contributed by atoms with Crippen LogP contribution in [0.15, 0.2) is 54.1 Å². The molecule has 28 heavy (non-hydrogen) atoms. The fourth-order valence-corrected chi connectivity index (χ4v) is 2.37. The van der Waals surface area contributed by atoms with Crippen molar-refractivity contribution in [3.63, 3.8) is 0 Å². The average Bonchev–Trinajstić information content (AvgIpc) is 2.72. The summed E-state index contributed by atoms with van der Waals surface area (Å²) < 4.78 is 9.80. The van der Waals surface area contributed by atoms with Gasteiger partial charge in [0.2, 0.25) is 0 Å². The van der Waals surface area contributed by atoms with Crippen LogP contribution in [0.4, 0.5) is 5.69 Å². The molecule has 0 aliphatic carbocycles. The zero-order valence-electron chi connectivity index (χ0n) is 15.6. The van der Waals surface area contributed by atoms with Crippen molar-refractivity contribution in [2.75, 3.05) is 13.2 Å². The van der Waals surface area contributed by atoms with Crippen LogP contribution in [0.5, 0.6) is 0 Å². The van der Waals surface area contributed by atoms with Crippen molar-refractivity contribution < 1.29 is 23.9 Å². The van der Waals surface area contributed by atoms with Crippen molar-refractivity contribution in [1.29, 1.82) is 0 Å². The van der Waals surface area contributed by atoms with Gasteiger partial charge in [-0.05, 0) is 25.5 Å². The van der Waals surface area contributed by atoms with Crippen LogP contribution in [-0.2, 0) is 19.1 Å². The molecule has 0 aliphatic heterocycles. The summed E-state index contributed by atoms with van der Waals surface area (Å²) in [5, 5.41) is 0. The largest absolute Gasteiger partial charge is 0.462 e. The summed E-state index contributed by atoms with van der Waals surface area (Å²) in [5.74, 6) is -1.72. The number of ether oxygens (including phenoxy) is 2. The molecule has 0 spiro atoms. The van der Waals surface area contributed by atoms with E-state index < -0.39 is 11.9 Å². The molecule has 0 saturated carbocycles. The Bertz CT molecular complexity index is 914. The number of nitrogens with zero attached hydrogens (tertiary/aromatic N) is 1. The lowest BCUT2D eigenvalue weighted by molar-refractivity contribution is -0.146. The molecule has 0 aliphatic rings. The first-order chi connectivity index (χ1) is 13.5. The number of hydrogen-bond donors (Lipinski definition) is 0. The Morgan fingerprint density at radius 1 is 0.857 bits per heavy atom. The Labute approximate surface area is 163 Å². The quantitative estimate of drug-likeness (QED) is 0.182. The highest BCUT2D eigenvalue weighted by molar-refractivity contribution is 6.17. The number of ketones is 1. The molecule has 0 atom stereocenters. The van der Waals surface area contributed by atoms with E-state index in [0.717, 1.165) is 0 Å². The van der Waals surface area contributed by atoms with Gasteiger partial charge in [-0.25, -0.2) is 14.4 Å². The van der Waals surface area contributed by atoms with Crippen LogP contribution in [0.1, 0.15) is 35.3 Å². The maximum absolute atomic E-state index is 12.5. The lowest BCUT2D eigenvalue weighted by atomic mass is 10.0. The Morgan fingerprint density at radius 2 is 1.32 bits per heavy atom. The summed E-state index contributed by atoms with van der Waals surface area (Å²) in [6, 6.07) is 12.8. The molecule has 0 N–H and O–H groups in total. The van der Waals surface area contributed by atoms with E-state index in [2.05, 4.69) is 4.85 Å². The van der Waals surface area contributed by atoms with Gasteiger partial charge >= 0.3 is 11.9 Å². The van der Waals surface area contributed by atoms with Gasteiger partial charge in [-0.3, -0.25) is 4.79 Å². The molecular weight excluding hydrogens is 358 g/mol. The van der Waals surface area contributed by atoms with Crippen molar-refractivity contribution in [1.82, 2.24) is 0 Å². The summed E-state index contributed by atoms with van der Waals surface area (Å²) >= 11 is 0. The summed E-state index contributed by atoms with van der Waals surface area (Å²) in [7, 11) is 0. The second-order valence-electron chi connectivity index (χ2n) is 5.61. The van der Waals surface area contributed by atoms with Crippen molar-refractivity contribution in [2.45, 2.75) is 13.8 Å². The average molecular weight is 377 g/mol. The van der Waals surface area contributed by atoms with Gasteiger partial charge in [0, 0.05) is 11.1 Å². The molecule has 0 heterocycles. The molecule has 0 unspecified atom stereocenters. The van der Waals surface area contributed by atoms with Crippen LogP contribution in [0.25, 0.3) is 10.9 Å². The van der Waals surface area contributed by atoms with Gasteiger partial charge in [-0.1, -0.05) is 48.5 Å². The van der Waals surface area contributed by atoms with Gasteiger partial charge in [0.05, 0.1) is 19.8 Å². The van der Waals surface area contributed by atoms with Crippen LogP contribution < -0.4 is 0 Å². The molecule has 0 fully saturated rings. The minimum absolute atomic E-state index is 0.134. The second-order valence-corrected chi connectivity index (χ2v) is 5.61. The summed E-state index contributed by atoms with van der Waals surface area (Å²) in [6.45, 7) is 10.5. The van der Waals surface area contributed by atoms with Gasteiger partial charge in [0.25, 0.3) is 0 Å². The van der Waals surface area contributed by atoms with Crippen molar-refractivity contribution in [3.8, 4) is 0 Å². The van der Waals surface area contributed by atoms with E-state index in [1.165, 1.54) is 6.08 Å². The first-order valence-corrected chi connectivity index (χ1v) is 8.68. The van der Waals surface area contributed by atoms with Gasteiger partial charge in [-0.2, -0.15) is 0 Å². The lowest BCUT2D eigenvalue weighted by Crippen LogP contribution is -2.18. The summed E-state index contributed by atoms with van der Waals surface area (Å²) in [5.41, 5.74) is 1.71. The zero-order valence-corrected chi connectivity index (χ0v) is 15.6. The van der Waals surface area contributed by atoms with E-state index in [0.29, 0.717) is 22.4 Å². The number of hydrogen-bond acceptors (Lipinski definition) is 5. The second kappa shape index (κ2) is 9.83. The summed E-state index contributed by atoms with van der Waals surface area (Å²) in [4.78, 5) is 39.8. The van der Waals surface area contributed by atoms with Crippen molar-refractivity contribution in [3.05, 3.63) is 82.2 Å². The van der Waals surface area contributed by atoms with Crippen molar-refractivity contribution in [2.24, 2.45) is 0 Å². The van der Waals surface area contributed by atoms with Gasteiger partial charge < -0.3 is 9.47 Å². The molecule has 142 valence electrons. The van der Waals surface area contributed by atoms with Crippen LogP contribution in [0.3, 0.4) is 0 Å². The monoisotopic (exact) mass is 377 g/mol. The van der Waals surface area contributed by atoms with Gasteiger partial charge in [0.1, 0.15) is 5.57 Å². The van der Waals surface area contributed by atoms with E-state index in [1.807, 2.05) is 0 Å². The third-order valence-corrected chi connectivity index (χ3v) is 3.73. The van der Waals surface area contributed by atoms with E-state index in [1.54, 1.807) is 62.4 Å². The maximum atomic E-state index is 12.5. The smallest absolute Gasteiger partial charge is 0.345 e. The molecule has 6 heteroatoms. The standard InChI is InChI=1S/C22H19NO5/c1-4-27-21(25)19(22(26)28-5-2)14-15-6-8-16(9-7-15)20(24)17-10-12-18(23-3)13-11-17/h6-14H,4-5H2,1-2H3. The zero-order chi connectivity index (χ0) is 20.5. The highest BCUT2D eigenvalue weighted by Crippen LogP contribution is 2.17. The predicted octanol–water partition coefficient (Wildman–Crippen LogP) is 3.98. The fourth-order valence-electron chi connectivity index (χ4n) is 2.37. The summed E-state index contributed by atoms with van der Waals surface area (Å²) in [6.07, 6.45) is 1.37. The van der Waals surface area contributed by atoms with E-state index in [4.69, 9.17) is 16.0 Å². The van der Waals surface area contributed by atoms with Crippen molar-refractivity contribution >= 4 is 29.5 Å². The predicted molar refractivity (Wildman–Crippen MR) is 104 cm³/mol. The Hall–Kier alpha value is -3.72. The molecular formula is C22H19NO5. The SMILES string of the molecule is [C-]#[N+]c1ccc(C(=O)c2ccc(C=C(C(=O)OCC)C(=O)OCC)cc2)cc1. The van der Waals surface area contributed by atoms with E-state index in [-0.39, 0.29) is 24.6 Å². The third-order valence-electron chi connectivity index (χ3n) is 3.73. The Balaban J connectivity index is 2.26. The highest BCUT2D eigenvalue weighted by Gasteiger charge is 2.21. The molecule has 0 amide bonds. The molecule has 0 aromatic heterocycles. The molecule has 0 bridgehead atoms. The lowest BCUT2D eigenvalue weighted by Gasteiger charge is -2.07. The van der Waals surface area contributed by atoms with Crippen LogP contribution in [0, 0.1) is 6.57 Å². The molecule has 2 rings (SSSR count). The van der Waals surface area contributed by atoms with E-state index >= 15 is 0 Å². The molecule has 2 aromatic rings. The number of benzene rings is 2. The van der Waals surface area contributed by atoms with Gasteiger partial charge in [-0.15, -0.1) is 0 Å². The van der Waals surface area contributed by atoms with Crippen LogP contribution >= 0.6 is 0 Å². The minimum atomic E-state index is -0.763. The van der Waals surface area contributed by atoms with Crippen LogP contribution in [0.2, 0.25) is 0 Å². The van der Waals surface area contributed by atoms with Gasteiger partial charge in [0.15, 0.2) is 11.5 Å². The number of rotatable bonds is 7. The van der Waals surface area contributed by atoms with Crippen LogP contribution in [-0.4, -0.2) is 30.9 Å². The fraction of sp³-hybridized carbons (Fsp3) is 0.182. The topological polar surface area (TPSA) is 74.0 Å². The Morgan fingerprint density at radius 3 is 1.75 bits per heavy atom. The molecule has 0 radical (unpaired) electrons. The highest BCUT2D eigenvalue weighted by atomic mass is 16.6. The maximum Gasteiger partial charge on any atom is 0.345 e. The molecule has 0 saturated heterocycles. The molecule has 2 aromatic carbocycles. The minimum Gasteiger partial charge on any atom is -0.462 e.